The normalized spacial score (nSPS) is 18.1. The number of aromatic amines is 1. The van der Waals surface area contributed by atoms with Gasteiger partial charge in [0.1, 0.15) is 5.75 Å². The molecule has 0 unspecified atom stereocenters. The van der Waals surface area contributed by atoms with Gasteiger partial charge in [0.05, 0.1) is 6.61 Å². The maximum atomic E-state index is 13.3. The molecule has 1 N–H and O–H groups in total. The number of nitrogens with one attached hydrogen (secondary N) is 1. The van der Waals surface area contributed by atoms with Crippen molar-refractivity contribution in [1.29, 1.82) is 0 Å². The number of ether oxygens (including phenoxy) is 1. The molecule has 33 heavy (non-hydrogen) atoms. The van der Waals surface area contributed by atoms with E-state index >= 15 is 0 Å². The van der Waals surface area contributed by atoms with Gasteiger partial charge in [-0.3, -0.25) is 14.9 Å². The lowest BCUT2D eigenvalue weighted by molar-refractivity contribution is 0.0698. The molecule has 0 saturated carbocycles. The van der Waals surface area contributed by atoms with E-state index in [1.807, 2.05) is 36.2 Å². The molecular weight excluding hydrogens is 412 g/mol. The van der Waals surface area contributed by atoms with Crippen molar-refractivity contribution in [2.45, 2.75) is 57.8 Å². The van der Waals surface area contributed by atoms with E-state index in [4.69, 9.17) is 9.72 Å². The summed E-state index contributed by atoms with van der Waals surface area (Å²) in [6.07, 6.45) is 9.10. The number of benzene rings is 1. The van der Waals surface area contributed by atoms with Crippen LogP contribution in [0.1, 0.15) is 77.1 Å². The number of aromatic nitrogens is 3. The molecule has 3 heterocycles. The number of nitrogens with zero attached hydrogens (tertiary/aromatic N) is 3. The van der Waals surface area contributed by atoms with E-state index in [1.165, 1.54) is 12.0 Å². The van der Waals surface area contributed by atoms with E-state index in [0.717, 1.165) is 73.3 Å². The zero-order valence-electron chi connectivity index (χ0n) is 19.3. The first-order valence-corrected chi connectivity index (χ1v) is 12.2. The van der Waals surface area contributed by atoms with Crippen molar-refractivity contribution < 1.29 is 9.53 Å². The minimum absolute atomic E-state index is 0.0725. The largest absolute Gasteiger partial charge is 0.494 e. The molecule has 0 spiro atoms. The maximum Gasteiger partial charge on any atom is 0.274 e. The van der Waals surface area contributed by atoms with Gasteiger partial charge in [-0.1, -0.05) is 24.3 Å². The van der Waals surface area contributed by atoms with Crippen LogP contribution in [0.5, 0.6) is 5.75 Å². The Morgan fingerprint density at radius 3 is 2.88 bits per heavy atom. The van der Waals surface area contributed by atoms with E-state index in [0.29, 0.717) is 18.8 Å². The predicted molar refractivity (Wildman–Crippen MR) is 128 cm³/mol. The van der Waals surface area contributed by atoms with Gasteiger partial charge in [-0.2, -0.15) is 5.10 Å². The summed E-state index contributed by atoms with van der Waals surface area (Å²) >= 11 is 0. The highest BCUT2D eigenvalue weighted by atomic mass is 16.5. The molecule has 1 aliphatic heterocycles. The molecule has 1 atom stereocenters. The fraction of sp³-hybridized carbons (Fsp3) is 0.444. The molecule has 0 bridgehead atoms. The second-order valence-electron chi connectivity index (χ2n) is 9.14. The molecule has 1 amide bonds. The minimum atomic E-state index is 0.0725. The molecular formula is C27H32N4O2. The number of likely N-dealkylation sites (tertiary alicyclic amines) is 1. The number of carbonyl (C=O) groups excluding carboxylic acids is 1. The molecule has 0 radical (unpaired) electrons. The number of fused-ring (bicyclic) bond motifs is 1. The fourth-order valence-electron chi connectivity index (χ4n) is 5.16. The number of hydrogen-bond acceptors (Lipinski definition) is 4. The van der Waals surface area contributed by atoms with Crippen LogP contribution in [0.4, 0.5) is 0 Å². The van der Waals surface area contributed by atoms with Crippen LogP contribution in [0.2, 0.25) is 0 Å². The molecule has 1 aliphatic carbocycles. The van der Waals surface area contributed by atoms with Gasteiger partial charge in [-0.25, -0.2) is 0 Å². The molecule has 2 aromatic heterocycles. The van der Waals surface area contributed by atoms with Crippen molar-refractivity contribution >= 4 is 5.91 Å². The quantitative estimate of drug-likeness (QED) is 0.599. The lowest BCUT2D eigenvalue weighted by Gasteiger charge is -2.32. The molecule has 6 heteroatoms. The van der Waals surface area contributed by atoms with Gasteiger partial charge in [0.15, 0.2) is 5.69 Å². The second kappa shape index (κ2) is 9.77. The lowest BCUT2D eigenvalue weighted by atomic mass is 9.92. The van der Waals surface area contributed by atoms with Crippen LogP contribution in [-0.2, 0) is 19.3 Å². The summed E-state index contributed by atoms with van der Waals surface area (Å²) in [5.74, 6) is 1.27. The summed E-state index contributed by atoms with van der Waals surface area (Å²) in [4.78, 5) is 20.0. The Morgan fingerprint density at radius 2 is 2.03 bits per heavy atom. The summed E-state index contributed by atoms with van der Waals surface area (Å²) in [7, 11) is 0. The Labute approximate surface area is 195 Å². The van der Waals surface area contributed by atoms with Crippen molar-refractivity contribution in [3.8, 4) is 5.75 Å². The molecule has 2 aliphatic rings. The third-order valence-corrected chi connectivity index (χ3v) is 6.90. The van der Waals surface area contributed by atoms with Crippen LogP contribution < -0.4 is 4.74 Å². The zero-order valence-corrected chi connectivity index (χ0v) is 19.3. The summed E-state index contributed by atoms with van der Waals surface area (Å²) < 4.78 is 5.76. The molecule has 172 valence electrons. The van der Waals surface area contributed by atoms with Gasteiger partial charge in [0.25, 0.3) is 5.91 Å². The Morgan fingerprint density at radius 1 is 1.15 bits per heavy atom. The third-order valence-electron chi connectivity index (χ3n) is 6.90. The van der Waals surface area contributed by atoms with Gasteiger partial charge in [-0.05, 0) is 68.7 Å². The van der Waals surface area contributed by atoms with Crippen LogP contribution in [0.25, 0.3) is 0 Å². The number of rotatable bonds is 6. The zero-order chi connectivity index (χ0) is 22.6. The molecule has 3 aromatic rings. The topological polar surface area (TPSA) is 71.1 Å². The molecule has 5 rings (SSSR count). The smallest absolute Gasteiger partial charge is 0.274 e. The third kappa shape index (κ3) is 4.65. The Bertz CT molecular complexity index is 1110. The number of pyridine rings is 1. The van der Waals surface area contributed by atoms with Gasteiger partial charge < -0.3 is 9.64 Å². The summed E-state index contributed by atoms with van der Waals surface area (Å²) in [5, 5.41) is 7.51. The minimum Gasteiger partial charge on any atom is -0.494 e. The van der Waals surface area contributed by atoms with Crippen molar-refractivity contribution in [1.82, 2.24) is 20.1 Å². The SMILES string of the molecule is CCOc1ccccc1Cc1ccc([C@@H]2CCCN(C(=O)c3n[nH]c4c3CCCC4)C2)nc1. The van der Waals surface area contributed by atoms with Crippen LogP contribution in [0, 0.1) is 0 Å². The van der Waals surface area contributed by atoms with Crippen molar-refractivity contribution in [2.75, 3.05) is 19.7 Å². The first kappa shape index (κ1) is 21.7. The number of aryl methyl sites for hydroxylation is 1. The van der Waals surface area contributed by atoms with Crippen LogP contribution in [0.3, 0.4) is 0 Å². The average Bonchev–Trinajstić information content (AvgIpc) is 3.30. The standard InChI is InChI=1S/C27H32N4O2/c1-2-33-25-12-6-3-8-20(25)16-19-13-14-23(28-17-19)21-9-7-15-31(18-21)27(32)26-22-10-4-5-11-24(22)29-30-26/h3,6,8,12-14,17,21H,2,4-5,7,9-11,15-16,18H2,1H3,(H,29,30)/t21-/m1/s1. The molecule has 6 nitrogen and oxygen atoms in total. The van der Waals surface area contributed by atoms with E-state index < -0.39 is 0 Å². The van der Waals surface area contributed by atoms with Gasteiger partial charge in [0.2, 0.25) is 0 Å². The number of piperidine rings is 1. The summed E-state index contributed by atoms with van der Waals surface area (Å²) in [6.45, 7) is 4.17. The van der Waals surface area contributed by atoms with Crippen molar-refractivity contribution in [2.24, 2.45) is 0 Å². The van der Waals surface area contributed by atoms with Gasteiger partial charge in [-0.15, -0.1) is 0 Å². The summed E-state index contributed by atoms with van der Waals surface area (Å²) in [6, 6.07) is 12.5. The summed E-state index contributed by atoms with van der Waals surface area (Å²) in [5.41, 5.74) is 6.34. The number of carbonyl (C=O) groups is 1. The maximum absolute atomic E-state index is 13.3. The number of para-hydroxylation sites is 1. The molecule has 1 aromatic carbocycles. The Balaban J connectivity index is 1.26. The van der Waals surface area contributed by atoms with E-state index in [2.05, 4.69) is 28.4 Å². The van der Waals surface area contributed by atoms with Crippen molar-refractivity contribution in [3.05, 3.63) is 76.4 Å². The average molecular weight is 445 g/mol. The van der Waals surface area contributed by atoms with E-state index in [1.54, 1.807) is 0 Å². The highest BCUT2D eigenvalue weighted by Crippen LogP contribution is 2.29. The lowest BCUT2D eigenvalue weighted by Crippen LogP contribution is -2.40. The Hall–Kier alpha value is -3.15. The number of hydrogen-bond donors (Lipinski definition) is 1. The van der Waals surface area contributed by atoms with Gasteiger partial charge >= 0.3 is 0 Å². The first-order chi connectivity index (χ1) is 16.2. The van der Waals surface area contributed by atoms with E-state index in [9.17, 15) is 4.79 Å². The second-order valence-corrected chi connectivity index (χ2v) is 9.14. The predicted octanol–water partition coefficient (Wildman–Crippen LogP) is 4.69. The molecule has 1 fully saturated rings. The van der Waals surface area contributed by atoms with Crippen molar-refractivity contribution in [3.63, 3.8) is 0 Å². The fourth-order valence-corrected chi connectivity index (χ4v) is 5.16. The van der Waals surface area contributed by atoms with Crippen LogP contribution >= 0.6 is 0 Å². The van der Waals surface area contributed by atoms with E-state index in [-0.39, 0.29) is 11.8 Å². The Kier molecular flexibility index (Phi) is 6.42. The van der Waals surface area contributed by atoms with Crippen LogP contribution in [-0.4, -0.2) is 45.7 Å². The number of amides is 1. The highest BCUT2D eigenvalue weighted by Gasteiger charge is 2.30. The van der Waals surface area contributed by atoms with Crippen LogP contribution in [0.15, 0.2) is 42.6 Å². The first-order valence-electron chi connectivity index (χ1n) is 12.2. The monoisotopic (exact) mass is 444 g/mol. The molecule has 1 saturated heterocycles. The highest BCUT2D eigenvalue weighted by molar-refractivity contribution is 5.94. The van der Waals surface area contributed by atoms with Gasteiger partial charge in [0, 0.05) is 48.6 Å². The number of H-pyrrole nitrogens is 1.